The van der Waals surface area contributed by atoms with Gasteiger partial charge in [0.15, 0.2) is 6.61 Å². The Morgan fingerprint density at radius 3 is 2.95 bits per heavy atom. The highest BCUT2D eigenvalue weighted by Crippen LogP contribution is 2.23. The monoisotopic (exact) mass is 320 g/mol. The highest BCUT2D eigenvalue weighted by molar-refractivity contribution is 9.10. The van der Waals surface area contributed by atoms with Crippen molar-refractivity contribution in [1.82, 2.24) is 4.98 Å². The number of aryl methyl sites for hydroxylation is 1. The van der Waals surface area contributed by atoms with Crippen LogP contribution in [0.2, 0.25) is 0 Å². The predicted octanol–water partition coefficient (Wildman–Crippen LogP) is 3.17. The normalized spacial score (nSPS) is 10.0. The van der Waals surface area contributed by atoms with Crippen LogP contribution in [0.15, 0.2) is 47.2 Å². The minimum atomic E-state index is -0.214. The number of halogens is 1. The fraction of sp³-hybridized carbons (Fsp3) is 0.143. The molecule has 2 aromatic rings. The number of carbonyl (C=O) groups is 1. The number of nitrogens with one attached hydrogen (secondary N) is 1. The number of ether oxygens (including phenoxy) is 1. The average molecular weight is 321 g/mol. The summed E-state index contributed by atoms with van der Waals surface area (Å²) in [6.45, 7) is 1.94. The van der Waals surface area contributed by atoms with Gasteiger partial charge in [-0.05, 0) is 52.7 Å². The number of anilines is 1. The Morgan fingerprint density at radius 1 is 1.42 bits per heavy atom. The molecule has 1 heterocycles. The summed E-state index contributed by atoms with van der Waals surface area (Å²) < 4.78 is 6.16. The summed E-state index contributed by atoms with van der Waals surface area (Å²) in [5.74, 6) is 0.356. The topological polar surface area (TPSA) is 51.2 Å². The molecule has 1 amide bonds. The summed E-state index contributed by atoms with van der Waals surface area (Å²) in [5.41, 5.74) is 1.85. The molecule has 0 unspecified atom stereocenters. The molecule has 1 N–H and O–H groups in total. The molecule has 2 rings (SSSR count). The maximum Gasteiger partial charge on any atom is 0.262 e. The molecule has 0 saturated heterocycles. The van der Waals surface area contributed by atoms with Crippen LogP contribution >= 0.6 is 15.9 Å². The second-order valence-electron chi connectivity index (χ2n) is 4.01. The molecule has 1 aromatic carbocycles. The van der Waals surface area contributed by atoms with Gasteiger partial charge in [0.25, 0.3) is 5.91 Å². The first-order valence-corrected chi connectivity index (χ1v) is 6.53. The van der Waals surface area contributed by atoms with Crippen LogP contribution < -0.4 is 10.1 Å². The first-order chi connectivity index (χ1) is 9.15. The van der Waals surface area contributed by atoms with Gasteiger partial charge in [0.1, 0.15) is 5.75 Å². The molecular weight excluding hydrogens is 308 g/mol. The van der Waals surface area contributed by atoms with E-state index in [2.05, 4.69) is 26.2 Å². The summed E-state index contributed by atoms with van der Waals surface area (Å²) in [4.78, 5) is 15.7. The summed E-state index contributed by atoms with van der Waals surface area (Å²) in [7, 11) is 0. The highest BCUT2D eigenvalue weighted by atomic mass is 79.9. The van der Waals surface area contributed by atoms with Crippen LogP contribution in [0.4, 0.5) is 5.69 Å². The van der Waals surface area contributed by atoms with Crippen molar-refractivity contribution in [3.63, 3.8) is 0 Å². The molecule has 98 valence electrons. The lowest BCUT2D eigenvalue weighted by Crippen LogP contribution is -2.20. The Balaban J connectivity index is 1.91. The minimum Gasteiger partial charge on any atom is -0.482 e. The van der Waals surface area contributed by atoms with Gasteiger partial charge in [0, 0.05) is 10.7 Å². The van der Waals surface area contributed by atoms with Crippen LogP contribution in [0.5, 0.6) is 5.75 Å². The minimum absolute atomic E-state index is 0.0496. The molecule has 0 spiro atoms. The summed E-state index contributed by atoms with van der Waals surface area (Å²) >= 11 is 3.41. The third kappa shape index (κ3) is 4.06. The second kappa shape index (κ2) is 6.33. The van der Waals surface area contributed by atoms with Gasteiger partial charge in [-0.1, -0.05) is 6.07 Å². The zero-order valence-electron chi connectivity index (χ0n) is 10.4. The maximum atomic E-state index is 11.7. The van der Waals surface area contributed by atoms with Gasteiger partial charge in [0.2, 0.25) is 0 Å². The van der Waals surface area contributed by atoms with Crippen molar-refractivity contribution in [1.29, 1.82) is 0 Å². The van der Waals surface area contributed by atoms with Crippen LogP contribution in [0.25, 0.3) is 0 Å². The molecule has 0 aliphatic rings. The third-order valence-electron chi connectivity index (χ3n) is 2.40. The molecule has 5 heteroatoms. The lowest BCUT2D eigenvalue weighted by atomic mass is 10.2. The number of benzene rings is 1. The Labute approximate surface area is 119 Å². The van der Waals surface area contributed by atoms with E-state index < -0.39 is 0 Å². The Bertz CT molecular complexity index is 573. The van der Waals surface area contributed by atoms with Crippen molar-refractivity contribution in [3.05, 3.63) is 52.8 Å². The van der Waals surface area contributed by atoms with E-state index in [1.165, 1.54) is 0 Å². The Morgan fingerprint density at radius 2 is 2.26 bits per heavy atom. The largest absolute Gasteiger partial charge is 0.482 e. The Hall–Kier alpha value is -1.88. The first kappa shape index (κ1) is 13.5. The molecular formula is C14H13BrN2O2. The number of hydrogen-bond acceptors (Lipinski definition) is 3. The van der Waals surface area contributed by atoms with E-state index in [-0.39, 0.29) is 12.5 Å². The van der Waals surface area contributed by atoms with Gasteiger partial charge < -0.3 is 10.1 Å². The predicted molar refractivity (Wildman–Crippen MR) is 77.2 cm³/mol. The quantitative estimate of drug-likeness (QED) is 0.941. The lowest BCUT2D eigenvalue weighted by molar-refractivity contribution is -0.118. The Kier molecular flexibility index (Phi) is 4.52. The van der Waals surface area contributed by atoms with Gasteiger partial charge >= 0.3 is 0 Å². The van der Waals surface area contributed by atoms with Gasteiger partial charge in [-0.3, -0.25) is 9.78 Å². The second-order valence-corrected chi connectivity index (χ2v) is 4.86. The van der Waals surface area contributed by atoms with Gasteiger partial charge in [-0.25, -0.2) is 0 Å². The SMILES string of the molecule is Cc1ccc(NC(=O)COc2cccnc2)c(Br)c1. The number of hydrogen-bond donors (Lipinski definition) is 1. The molecule has 4 nitrogen and oxygen atoms in total. The van der Waals surface area contributed by atoms with Crippen molar-refractivity contribution in [3.8, 4) is 5.75 Å². The molecule has 1 aromatic heterocycles. The summed E-state index contributed by atoms with van der Waals surface area (Å²) in [6.07, 6.45) is 3.21. The van der Waals surface area contributed by atoms with E-state index in [4.69, 9.17) is 4.74 Å². The molecule has 19 heavy (non-hydrogen) atoms. The molecule has 0 radical (unpaired) electrons. The van der Waals surface area contributed by atoms with Crippen molar-refractivity contribution in [2.45, 2.75) is 6.92 Å². The molecule has 0 fully saturated rings. The highest BCUT2D eigenvalue weighted by Gasteiger charge is 2.06. The van der Waals surface area contributed by atoms with Crippen LogP contribution in [0.3, 0.4) is 0 Å². The number of pyridine rings is 1. The van der Waals surface area contributed by atoms with E-state index in [0.717, 1.165) is 15.7 Å². The number of amides is 1. The van der Waals surface area contributed by atoms with Crippen LogP contribution in [-0.2, 0) is 4.79 Å². The first-order valence-electron chi connectivity index (χ1n) is 5.74. The zero-order chi connectivity index (χ0) is 13.7. The number of carbonyl (C=O) groups excluding carboxylic acids is 1. The average Bonchev–Trinajstić information content (AvgIpc) is 2.41. The van der Waals surface area contributed by atoms with E-state index in [0.29, 0.717) is 5.75 Å². The van der Waals surface area contributed by atoms with Crippen molar-refractivity contribution in [2.24, 2.45) is 0 Å². The smallest absolute Gasteiger partial charge is 0.262 e. The van der Waals surface area contributed by atoms with Crippen molar-refractivity contribution in [2.75, 3.05) is 11.9 Å². The molecule has 0 saturated carbocycles. The van der Waals surface area contributed by atoms with Crippen LogP contribution in [-0.4, -0.2) is 17.5 Å². The molecule has 0 bridgehead atoms. The number of nitrogens with zero attached hydrogens (tertiary/aromatic N) is 1. The van der Waals surface area contributed by atoms with E-state index in [1.807, 2.05) is 25.1 Å². The zero-order valence-corrected chi connectivity index (χ0v) is 12.0. The van der Waals surface area contributed by atoms with Gasteiger partial charge in [-0.15, -0.1) is 0 Å². The third-order valence-corrected chi connectivity index (χ3v) is 3.06. The molecule has 0 atom stereocenters. The molecule has 0 aliphatic heterocycles. The van der Waals surface area contributed by atoms with E-state index in [9.17, 15) is 4.79 Å². The fourth-order valence-electron chi connectivity index (χ4n) is 1.49. The number of rotatable bonds is 4. The lowest BCUT2D eigenvalue weighted by Gasteiger charge is -2.09. The standard InChI is InChI=1S/C14H13BrN2O2/c1-10-4-5-13(12(15)7-10)17-14(18)9-19-11-3-2-6-16-8-11/h2-8H,9H2,1H3,(H,17,18). The van der Waals surface area contributed by atoms with Gasteiger partial charge in [0.05, 0.1) is 11.9 Å². The fourth-order valence-corrected chi connectivity index (χ4v) is 2.08. The molecule has 0 aliphatic carbocycles. The van der Waals surface area contributed by atoms with Crippen molar-refractivity contribution < 1.29 is 9.53 Å². The van der Waals surface area contributed by atoms with E-state index >= 15 is 0 Å². The number of aromatic nitrogens is 1. The summed E-state index contributed by atoms with van der Waals surface area (Å²) in [5, 5.41) is 2.78. The van der Waals surface area contributed by atoms with Crippen LogP contribution in [0.1, 0.15) is 5.56 Å². The summed E-state index contributed by atoms with van der Waals surface area (Å²) in [6, 6.07) is 9.23. The van der Waals surface area contributed by atoms with Crippen LogP contribution in [0, 0.1) is 6.92 Å². The van der Waals surface area contributed by atoms with E-state index in [1.54, 1.807) is 24.5 Å². The van der Waals surface area contributed by atoms with Gasteiger partial charge in [-0.2, -0.15) is 0 Å². The maximum absolute atomic E-state index is 11.7. The van der Waals surface area contributed by atoms with Crippen molar-refractivity contribution >= 4 is 27.5 Å².